The van der Waals surface area contributed by atoms with E-state index in [0.717, 1.165) is 11.5 Å². The minimum atomic E-state index is 0.0563. The maximum absolute atomic E-state index is 5.92. The van der Waals surface area contributed by atoms with Crippen LogP contribution < -0.4 is 0 Å². The molecule has 0 saturated carbocycles. The highest BCUT2D eigenvalue weighted by Gasteiger charge is 2.22. The normalized spacial score (nSPS) is 18.3. The SMILES string of the molecule is Cc1ccc(C2CN=C(c3ccccc3)O2)cc1. The van der Waals surface area contributed by atoms with Crippen LogP contribution in [0, 0.1) is 6.92 Å². The summed E-state index contributed by atoms with van der Waals surface area (Å²) in [6.45, 7) is 2.79. The average Bonchev–Trinajstić information content (AvgIpc) is 2.90. The minimum Gasteiger partial charge on any atom is -0.467 e. The van der Waals surface area contributed by atoms with Crippen molar-refractivity contribution in [3.05, 3.63) is 71.3 Å². The Bertz CT molecular complexity index is 557. The number of hydrogen-bond donors (Lipinski definition) is 0. The van der Waals surface area contributed by atoms with Crippen LogP contribution in [-0.4, -0.2) is 12.4 Å². The van der Waals surface area contributed by atoms with Crippen molar-refractivity contribution in [2.75, 3.05) is 6.54 Å². The lowest BCUT2D eigenvalue weighted by molar-refractivity contribution is 0.230. The van der Waals surface area contributed by atoms with Gasteiger partial charge in [-0.05, 0) is 24.6 Å². The second kappa shape index (κ2) is 4.65. The van der Waals surface area contributed by atoms with Crippen molar-refractivity contribution >= 4 is 5.90 Å². The van der Waals surface area contributed by atoms with E-state index in [-0.39, 0.29) is 6.10 Å². The molecule has 2 aromatic rings. The maximum atomic E-state index is 5.92. The van der Waals surface area contributed by atoms with Gasteiger partial charge in [-0.15, -0.1) is 0 Å². The van der Waals surface area contributed by atoms with Gasteiger partial charge < -0.3 is 4.74 Å². The molecule has 0 amide bonds. The smallest absolute Gasteiger partial charge is 0.216 e. The van der Waals surface area contributed by atoms with E-state index < -0.39 is 0 Å². The zero-order chi connectivity index (χ0) is 12.4. The van der Waals surface area contributed by atoms with Crippen LogP contribution in [-0.2, 0) is 4.74 Å². The van der Waals surface area contributed by atoms with Crippen LogP contribution in [0.25, 0.3) is 0 Å². The molecule has 0 N–H and O–H groups in total. The molecule has 2 aromatic carbocycles. The summed E-state index contributed by atoms with van der Waals surface area (Å²) in [7, 11) is 0. The summed E-state index contributed by atoms with van der Waals surface area (Å²) in [5, 5.41) is 0. The van der Waals surface area contributed by atoms with E-state index in [1.54, 1.807) is 0 Å². The Balaban J connectivity index is 1.76. The van der Waals surface area contributed by atoms with Crippen LogP contribution in [0.2, 0.25) is 0 Å². The molecule has 2 nitrogen and oxygen atoms in total. The lowest BCUT2D eigenvalue weighted by atomic mass is 10.1. The lowest BCUT2D eigenvalue weighted by Gasteiger charge is -2.11. The van der Waals surface area contributed by atoms with Gasteiger partial charge in [0, 0.05) is 5.56 Å². The summed E-state index contributed by atoms with van der Waals surface area (Å²) in [4.78, 5) is 4.48. The maximum Gasteiger partial charge on any atom is 0.216 e. The van der Waals surface area contributed by atoms with Gasteiger partial charge in [0.1, 0.15) is 6.10 Å². The summed E-state index contributed by atoms with van der Waals surface area (Å²) >= 11 is 0. The first-order chi connectivity index (χ1) is 8.83. The molecule has 0 radical (unpaired) electrons. The van der Waals surface area contributed by atoms with Gasteiger partial charge in [0.05, 0.1) is 6.54 Å². The Morgan fingerprint density at radius 3 is 2.44 bits per heavy atom. The molecule has 90 valence electrons. The van der Waals surface area contributed by atoms with Gasteiger partial charge in [-0.25, -0.2) is 4.99 Å². The molecule has 1 heterocycles. The molecular weight excluding hydrogens is 222 g/mol. The van der Waals surface area contributed by atoms with Crippen molar-refractivity contribution in [2.24, 2.45) is 4.99 Å². The zero-order valence-corrected chi connectivity index (χ0v) is 10.3. The van der Waals surface area contributed by atoms with Gasteiger partial charge in [0.15, 0.2) is 0 Å². The fourth-order valence-corrected chi connectivity index (χ4v) is 2.07. The van der Waals surface area contributed by atoms with E-state index in [2.05, 4.69) is 36.2 Å². The van der Waals surface area contributed by atoms with Crippen molar-refractivity contribution < 1.29 is 4.74 Å². The summed E-state index contributed by atoms with van der Waals surface area (Å²) in [6.07, 6.45) is 0.0563. The molecule has 0 saturated heterocycles. The second-order valence-corrected chi connectivity index (χ2v) is 4.53. The quantitative estimate of drug-likeness (QED) is 0.783. The van der Waals surface area contributed by atoms with Gasteiger partial charge >= 0.3 is 0 Å². The molecule has 0 spiro atoms. The zero-order valence-electron chi connectivity index (χ0n) is 10.3. The van der Waals surface area contributed by atoms with E-state index in [1.165, 1.54) is 11.1 Å². The van der Waals surface area contributed by atoms with E-state index >= 15 is 0 Å². The molecule has 0 fully saturated rings. The highest BCUT2D eigenvalue weighted by Crippen LogP contribution is 2.25. The second-order valence-electron chi connectivity index (χ2n) is 4.53. The molecule has 1 atom stereocenters. The molecular formula is C16H15NO. The highest BCUT2D eigenvalue weighted by atomic mass is 16.5. The van der Waals surface area contributed by atoms with Crippen molar-refractivity contribution in [3.63, 3.8) is 0 Å². The fraction of sp³-hybridized carbons (Fsp3) is 0.188. The van der Waals surface area contributed by atoms with Gasteiger partial charge in [0.25, 0.3) is 0 Å². The van der Waals surface area contributed by atoms with Crippen LogP contribution >= 0.6 is 0 Å². The Kier molecular flexibility index (Phi) is 2.85. The van der Waals surface area contributed by atoms with Crippen LogP contribution in [0.1, 0.15) is 22.8 Å². The molecule has 1 aliphatic rings. The third-order valence-electron chi connectivity index (χ3n) is 3.12. The Hall–Kier alpha value is -2.09. The summed E-state index contributed by atoms with van der Waals surface area (Å²) in [5.41, 5.74) is 3.50. The number of benzene rings is 2. The number of hydrogen-bond acceptors (Lipinski definition) is 2. The standard InChI is InChI=1S/C16H15NO/c1-12-7-9-13(10-8-12)15-11-17-16(18-15)14-5-3-2-4-6-14/h2-10,15H,11H2,1H3. The molecule has 1 unspecified atom stereocenters. The van der Waals surface area contributed by atoms with Crippen molar-refractivity contribution in [1.29, 1.82) is 0 Å². The first-order valence-corrected chi connectivity index (χ1v) is 6.16. The third-order valence-corrected chi connectivity index (χ3v) is 3.12. The van der Waals surface area contributed by atoms with Crippen LogP contribution in [0.4, 0.5) is 0 Å². The Morgan fingerprint density at radius 2 is 1.72 bits per heavy atom. The topological polar surface area (TPSA) is 21.6 Å². The molecule has 18 heavy (non-hydrogen) atoms. The first-order valence-electron chi connectivity index (χ1n) is 6.16. The number of ether oxygens (including phenoxy) is 1. The monoisotopic (exact) mass is 237 g/mol. The average molecular weight is 237 g/mol. The largest absolute Gasteiger partial charge is 0.467 e. The number of aliphatic imine (C=N–C) groups is 1. The molecule has 0 bridgehead atoms. The van der Waals surface area contributed by atoms with Gasteiger partial charge in [-0.2, -0.15) is 0 Å². The number of nitrogens with zero attached hydrogens (tertiary/aromatic N) is 1. The van der Waals surface area contributed by atoms with Gasteiger partial charge in [-0.1, -0.05) is 48.0 Å². The molecule has 1 aliphatic heterocycles. The van der Waals surface area contributed by atoms with E-state index in [4.69, 9.17) is 4.74 Å². The summed E-state index contributed by atoms with van der Waals surface area (Å²) in [5.74, 6) is 0.751. The minimum absolute atomic E-state index is 0.0563. The van der Waals surface area contributed by atoms with Crippen LogP contribution in [0.15, 0.2) is 59.6 Å². The number of rotatable bonds is 2. The molecule has 2 heteroatoms. The van der Waals surface area contributed by atoms with Crippen molar-refractivity contribution in [2.45, 2.75) is 13.0 Å². The highest BCUT2D eigenvalue weighted by molar-refractivity contribution is 5.95. The predicted octanol–water partition coefficient (Wildman–Crippen LogP) is 3.51. The van der Waals surface area contributed by atoms with Crippen LogP contribution in [0.5, 0.6) is 0 Å². The van der Waals surface area contributed by atoms with E-state index in [9.17, 15) is 0 Å². The first kappa shape index (κ1) is 11.0. The lowest BCUT2D eigenvalue weighted by Crippen LogP contribution is -2.06. The third kappa shape index (κ3) is 2.14. The molecule has 0 aromatic heterocycles. The van der Waals surface area contributed by atoms with Crippen molar-refractivity contribution in [3.8, 4) is 0 Å². The predicted molar refractivity (Wildman–Crippen MR) is 72.9 cm³/mol. The summed E-state index contributed by atoms with van der Waals surface area (Å²) in [6, 6.07) is 18.5. The molecule has 0 aliphatic carbocycles. The van der Waals surface area contributed by atoms with E-state index in [1.807, 2.05) is 30.3 Å². The van der Waals surface area contributed by atoms with Gasteiger partial charge in [-0.3, -0.25) is 0 Å². The fourth-order valence-electron chi connectivity index (χ4n) is 2.07. The van der Waals surface area contributed by atoms with Crippen LogP contribution in [0.3, 0.4) is 0 Å². The Labute approximate surface area is 107 Å². The van der Waals surface area contributed by atoms with Gasteiger partial charge in [0.2, 0.25) is 5.90 Å². The molecule has 3 rings (SSSR count). The Morgan fingerprint density at radius 1 is 1.00 bits per heavy atom. The van der Waals surface area contributed by atoms with Crippen molar-refractivity contribution in [1.82, 2.24) is 0 Å². The number of aryl methyl sites for hydroxylation is 1. The van der Waals surface area contributed by atoms with E-state index in [0.29, 0.717) is 6.54 Å². The summed E-state index contributed by atoms with van der Waals surface area (Å²) < 4.78 is 5.92.